The third-order valence-corrected chi connectivity index (χ3v) is 5.40. The predicted molar refractivity (Wildman–Crippen MR) is 105 cm³/mol. The molecule has 0 saturated heterocycles. The van der Waals surface area contributed by atoms with Crippen LogP contribution in [0, 0.1) is 13.8 Å². The highest BCUT2D eigenvalue weighted by Crippen LogP contribution is 2.16. The molecule has 1 aromatic heterocycles. The Bertz CT molecular complexity index is 1100. The second-order valence-corrected chi connectivity index (χ2v) is 8.76. The smallest absolute Gasteiger partial charge is 0.322 e. The molecule has 8 heteroatoms. The molecular formula is C20H21N3O4S. The molecule has 0 spiro atoms. The number of amides is 1. The van der Waals surface area contributed by atoms with Gasteiger partial charge >= 0.3 is 6.01 Å². The molecule has 0 aliphatic carbocycles. The van der Waals surface area contributed by atoms with Gasteiger partial charge in [0.25, 0.3) is 0 Å². The van der Waals surface area contributed by atoms with Crippen LogP contribution in [0.4, 0.5) is 6.01 Å². The number of aromatic nitrogens is 2. The van der Waals surface area contributed by atoms with Crippen molar-refractivity contribution in [3.8, 4) is 0 Å². The van der Waals surface area contributed by atoms with Crippen LogP contribution in [0.2, 0.25) is 0 Å². The van der Waals surface area contributed by atoms with E-state index in [9.17, 15) is 13.2 Å². The quantitative estimate of drug-likeness (QED) is 0.684. The molecule has 1 heterocycles. The van der Waals surface area contributed by atoms with Gasteiger partial charge in [0.05, 0.1) is 17.7 Å². The molecule has 0 unspecified atom stereocenters. The third-order valence-electron chi connectivity index (χ3n) is 4.27. The first-order chi connectivity index (χ1) is 13.2. The van der Waals surface area contributed by atoms with E-state index in [0.717, 1.165) is 28.5 Å². The van der Waals surface area contributed by atoms with Gasteiger partial charge < -0.3 is 4.42 Å². The van der Waals surface area contributed by atoms with E-state index in [0.29, 0.717) is 12.3 Å². The van der Waals surface area contributed by atoms with Crippen molar-refractivity contribution >= 4 is 21.8 Å². The average molecular weight is 399 g/mol. The van der Waals surface area contributed by atoms with Crippen LogP contribution >= 0.6 is 0 Å². The maximum Gasteiger partial charge on any atom is 0.322 e. The summed E-state index contributed by atoms with van der Waals surface area (Å²) in [6.45, 7) is 3.97. The summed E-state index contributed by atoms with van der Waals surface area (Å²) in [5, 5.41) is 10.4. The Morgan fingerprint density at radius 1 is 1.07 bits per heavy atom. The van der Waals surface area contributed by atoms with Crippen LogP contribution in [-0.2, 0) is 27.5 Å². The van der Waals surface area contributed by atoms with E-state index in [-0.39, 0.29) is 23.2 Å². The molecule has 3 aromatic rings. The van der Waals surface area contributed by atoms with Gasteiger partial charge in [-0.2, -0.15) is 0 Å². The second-order valence-electron chi connectivity index (χ2n) is 6.75. The van der Waals surface area contributed by atoms with Gasteiger partial charge in [-0.15, -0.1) is 5.10 Å². The van der Waals surface area contributed by atoms with Crippen LogP contribution in [0.1, 0.15) is 28.1 Å². The Morgan fingerprint density at radius 3 is 2.43 bits per heavy atom. The summed E-state index contributed by atoms with van der Waals surface area (Å²) in [6.07, 6.45) is 1.72. The van der Waals surface area contributed by atoms with E-state index >= 15 is 0 Å². The van der Waals surface area contributed by atoms with Crippen LogP contribution in [-0.4, -0.2) is 30.8 Å². The average Bonchev–Trinajstić information content (AvgIpc) is 3.04. The molecule has 0 saturated carbocycles. The molecule has 28 heavy (non-hydrogen) atoms. The van der Waals surface area contributed by atoms with Gasteiger partial charge in [-0.3, -0.25) is 10.1 Å². The first-order valence-electron chi connectivity index (χ1n) is 8.68. The van der Waals surface area contributed by atoms with E-state index in [1.165, 1.54) is 12.1 Å². The SMILES string of the molecule is Cc1ccc(CC(=O)Nc2nnc(Cc3ccc(S(C)(=O)=O)cc3)o2)c(C)c1. The molecule has 1 amide bonds. The number of sulfone groups is 1. The molecular weight excluding hydrogens is 378 g/mol. The zero-order chi connectivity index (χ0) is 20.3. The lowest BCUT2D eigenvalue weighted by molar-refractivity contribution is -0.115. The minimum Gasteiger partial charge on any atom is -0.407 e. The van der Waals surface area contributed by atoms with Crippen molar-refractivity contribution in [2.75, 3.05) is 11.6 Å². The lowest BCUT2D eigenvalue weighted by Crippen LogP contribution is -2.15. The van der Waals surface area contributed by atoms with Crippen molar-refractivity contribution in [1.82, 2.24) is 10.2 Å². The topological polar surface area (TPSA) is 102 Å². The Morgan fingerprint density at radius 2 is 1.79 bits per heavy atom. The number of rotatable bonds is 6. The lowest BCUT2D eigenvalue weighted by Gasteiger charge is -2.06. The van der Waals surface area contributed by atoms with Crippen molar-refractivity contribution in [1.29, 1.82) is 0 Å². The summed E-state index contributed by atoms with van der Waals surface area (Å²) in [4.78, 5) is 12.5. The van der Waals surface area contributed by atoms with Crippen molar-refractivity contribution in [3.63, 3.8) is 0 Å². The number of aryl methyl sites for hydroxylation is 2. The first kappa shape index (κ1) is 19.8. The Balaban J connectivity index is 1.61. The number of nitrogens with zero attached hydrogens (tertiary/aromatic N) is 2. The van der Waals surface area contributed by atoms with Gasteiger partial charge in [-0.25, -0.2) is 8.42 Å². The van der Waals surface area contributed by atoms with E-state index < -0.39 is 9.84 Å². The fraction of sp³-hybridized carbons (Fsp3) is 0.250. The number of hydrogen-bond donors (Lipinski definition) is 1. The van der Waals surface area contributed by atoms with Crippen molar-refractivity contribution in [2.45, 2.75) is 31.6 Å². The maximum absolute atomic E-state index is 12.2. The minimum absolute atomic E-state index is 0.0394. The monoisotopic (exact) mass is 399 g/mol. The van der Waals surface area contributed by atoms with Crippen LogP contribution in [0.15, 0.2) is 51.8 Å². The molecule has 1 N–H and O–H groups in total. The number of hydrogen-bond acceptors (Lipinski definition) is 6. The van der Waals surface area contributed by atoms with E-state index in [2.05, 4.69) is 15.5 Å². The summed E-state index contributed by atoms with van der Waals surface area (Å²) in [7, 11) is -3.23. The normalized spacial score (nSPS) is 11.4. The van der Waals surface area contributed by atoms with Gasteiger partial charge in [-0.1, -0.05) is 41.0 Å². The summed E-state index contributed by atoms with van der Waals surface area (Å²) >= 11 is 0. The maximum atomic E-state index is 12.2. The van der Waals surface area contributed by atoms with Gasteiger partial charge in [-0.05, 0) is 42.7 Å². The summed E-state index contributed by atoms with van der Waals surface area (Å²) in [5.41, 5.74) is 3.96. The highest BCUT2D eigenvalue weighted by molar-refractivity contribution is 7.90. The molecule has 2 aromatic carbocycles. The summed E-state index contributed by atoms with van der Waals surface area (Å²) in [5.74, 6) is 0.0913. The van der Waals surface area contributed by atoms with Crippen LogP contribution in [0.25, 0.3) is 0 Å². The molecule has 0 fully saturated rings. The van der Waals surface area contributed by atoms with Gasteiger partial charge in [0.15, 0.2) is 9.84 Å². The van der Waals surface area contributed by atoms with Crippen LogP contribution < -0.4 is 5.32 Å². The molecule has 146 valence electrons. The Kier molecular flexibility index (Phi) is 5.60. The lowest BCUT2D eigenvalue weighted by atomic mass is 10.0. The predicted octanol–water partition coefficient (Wildman–Crippen LogP) is 2.86. The van der Waals surface area contributed by atoms with Crippen molar-refractivity contribution in [2.24, 2.45) is 0 Å². The van der Waals surface area contributed by atoms with Crippen LogP contribution in [0.5, 0.6) is 0 Å². The molecule has 0 bridgehead atoms. The third kappa shape index (κ3) is 5.04. The largest absolute Gasteiger partial charge is 0.407 e. The minimum atomic E-state index is -3.23. The fourth-order valence-electron chi connectivity index (χ4n) is 2.79. The number of carbonyl (C=O) groups is 1. The summed E-state index contributed by atoms with van der Waals surface area (Å²) in [6, 6.07) is 12.4. The summed E-state index contributed by atoms with van der Waals surface area (Å²) < 4.78 is 28.5. The second kappa shape index (κ2) is 7.93. The van der Waals surface area contributed by atoms with Crippen molar-refractivity contribution < 1.29 is 17.6 Å². The fourth-order valence-corrected chi connectivity index (χ4v) is 3.42. The zero-order valence-corrected chi connectivity index (χ0v) is 16.7. The number of carbonyl (C=O) groups excluding carboxylic acids is 1. The molecule has 3 rings (SSSR count). The van der Waals surface area contributed by atoms with Crippen LogP contribution in [0.3, 0.4) is 0 Å². The molecule has 0 aliphatic heterocycles. The van der Waals surface area contributed by atoms with Gasteiger partial charge in [0.1, 0.15) is 0 Å². The highest BCUT2D eigenvalue weighted by Gasteiger charge is 2.13. The first-order valence-corrected chi connectivity index (χ1v) is 10.6. The standard InChI is InChI=1S/C20H21N3O4S/c1-13-4-7-16(14(2)10-13)12-18(24)21-20-23-22-19(27-20)11-15-5-8-17(9-6-15)28(3,25)26/h4-10H,11-12H2,1-3H3,(H,21,23,24). The Hall–Kier alpha value is -3.00. The molecule has 0 radical (unpaired) electrons. The van der Waals surface area contributed by atoms with E-state index in [1.807, 2.05) is 32.0 Å². The number of anilines is 1. The number of benzene rings is 2. The highest BCUT2D eigenvalue weighted by atomic mass is 32.2. The van der Waals surface area contributed by atoms with Gasteiger partial charge in [0, 0.05) is 6.26 Å². The van der Waals surface area contributed by atoms with Crippen molar-refractivity contribution in [3.05, 3.63) is 70.6 Å². The number of nitrogens with one attached hydrogen (secondary N) is 1. The Labute approximate surface area is 163 Å². The molecule has 7 nitrogen and oxygen atoms in total. The zero-order valence-electron chi connectivity index (χ0n) is 15.9. The van der Waals surface area contributed by atoms with Gasteiger partial charge in [0.2, 0.25) is 11.8 Å². The molecule has 0 atom stereocenters. The molecule has 0 aliphatic rings. The van der Waals surface area contributed by atoms with E-state index in [4.69, 9.17) is 4.42 Å². The van der Waals surface area contributed by atoms with E-state index in [1.54, 1.807) is 12.1 Å².